The fourth-order valence-electron chi connectivity index (χ4n) is 2.54. The Morgan fingerprint density at radius 3 is 1.89 bits per heavy atom. The summed E-state index contributed by atoms with van der Waals surface area (Å²) >= 11 is 0. The minimum absolute atomic E-state index is 0.763. The van der Waals surface area contributed by atoms with Gasteiger partial charge in [-0.25, -0.2) is 17.9 Å². The van der Waals surface area contributed by atoms with Gasteiger partial charge in [0.05, 0.1) is 25.2 Å². The smallest absolute Gasteiger partial charge is 0.394 e. The highest BCUT2D eigenvalue weighted by Gasteiger charge is 2.49. The monoisotopic (exact) mass is 434 g/mol. The lowest BCUT2D eigenvalue weighted by atomic mass is 9.94. The molecule has 0 aliphatic carbocycles. The zero-order valence-electron chi connectivity index (χ0n) is 13.5. The molecule has 2 rings (SSSR count). The molecule has 2 heterocycles. The summed E-state index contributed by atoms with van der Waals surface area (Å²) in [6.07, 6.45) is -10.8. The molecule has 2 saturated heterocycles. The van der Waals surface area contributed by atoms with Gasteiger partial charge in [-0.2, -0.15) is 0 Å². The molecule has 0 aromatic carbocycles. The van der Waals surface area contributed by atoms with Crippen LogP contribution in [-0.2, 0) is 32.2 Å². The molecule has 2 aliphatic rings. The van der Waals surface area contributed by atoms with Crippen LogP contribution in [0, 0.1) is 0 Å². The van der Waals surface area contributed by atoms with E-state index in [4.69, 9.17) is 40.1 Å². The van der Waals surface area contributed by atoms with E-state index < -0.39 is 77.6 Å². The van der Waals surface area contributed by atoms with Crippen molar-refractivity contribution < 1.29 is 60.7 Å². The third kappa shape index (κ3) is 6.03. The lowest BCUT2D eigenvalue weighted by molar-refractivity contribution is -0.0276. The molecule has 27 heavy (non-hydrogen) atoms. The predicted octanol–water partition coefficient (Wildman–Crippen LogP) is -1.58. The van der Waals surface area contributed by atoms with E-state index in [1.165, 1.54) is 0 Å². The molecule has 9 atom stereocenters. The van der Waals surface area contributed by atoms with Crippen molar-refractivity contribution in [2.45, 2.75) is 48.8 Å². The lowest BCUT2D eigenvalue weighted by Crippen LogP contribution is -2.35. The number of aliphatic hydroxyl groups is 1. The molecule has 0 saturated carbocycles. The van der Waals surface area contributed by atoms with Crippen molar-refractivity contribution in [3.63, 3.8) is 0 Å². The number of rotatable bonds is 8. The summed E-state index contributed by atoms with van der Waals surface area (Å²) in [6.45, 7) is -1.70. The molecule has 0 aromatic rings. The number of phosphoric ester groups is 2. The molecule has 0 spiro atoms. The number of hydrogen-bond acceptors (Lipinski definition) is 8. The van der Waals surface area contributed by atoms with Crippen LogP contribution >= 0.6 is 15.6 Å². The van der Waals surface area contributed by atoms with E-state index in [1.54, 1.807) is 0 Å². The Kier molecular flexibility index (Phi) is 7.66. The summed E-state index contributed by atoms with van der Waals surface area (Å²) < 4.78 is 73.6. The van der Waals surface area contributed by atoms with Gasteiger partial charge in [0, 0.05) is 0 Å². The van der Waals surface area contributed by atoms with Gasteiger partial charge < -0.3 is 29.3 Å². The summed E-state index contributed by atoms with van der Waals surface area (Å²) in [5, 5.41) is 9.07. The van der Waals surface area contributed by atoms with E-state index in [1.807, 2.05) is 0 Å². The fourth-order valence-corrected chi connectivity index (χ4v) is 4.06. The van der Waals surface area contributed by atoms with Crippen LogP contribution in [-0.4, -0.2) is 97.5 Å². The van der Waals surface area contributed by atoms with E-state index in [-0.39, 0.29) is 0 Å². The van der Waals surface area contributed by atoms with Gasteiger partial charge in [-0.1, -0.05) is 0 Å². The van der Waals surface area contributed by atoms with Crippen LogP contribution in [0.4, 0.5) is 8.78 Å². The van der Waals surface area contributed by atoms with Gasteiger partial charge in [-0.15, -0.1) is 0 Å². The van der Waals surface area contributed by atoms with Crippen molar-refractivity contribution in [1.82, 2.24) is 0 Å². The minimum Gasteiger partial charge on any atom is -0.394 e. The molecule has 0 bridgehead atoms. The Hall–Kier alpha value is 0.0899. The third-order valence-electron chi connectivity index (χ3n) is 3.75. The Morgan fingerprint density at radius 1 is 0.926 bits per heavy atom. The second-order valence-electron chi connectivity index (χ2n) is 5.74. The fraction of sp³-hybridized carbons (Fsp3) is 1.00. The predicted molar refractivity (Wildman–Crippen MR) is 83.3 cm³/mol. The van der Waals surface area contributed by atoms with Crippen molar-refractivity contribution in [3.8, 4) is 0 Å². The van der Waals surface area contributed by atoms with Crippen molar-refractivity contribution in [2.24, 2.45) is 0 Å². The average Bonchev–Trinajstić information content (AvgIpc) is 2.96. The van der Waals surface area contributed by atoms with Crippen LogP contribution < -0.4 is 0 Å². The quantitative estimate of drug-likeness (QED) is 0.258. The van der Waals surface area contributed by atoms with Crippen molar-refractivity contribution >= 4 is 31.3 Å². The molecule has 0 amide bonds. The van der Waals surface area contributed by atoms with Crippen LogP contribution in [0.5, 0.6) is 0 Å². The zero-order valence-corrected chi connectivity index (χ0v) is 15.3. The first-order valence-corrected chi connectivity index (χ1v) is 10.5. The molecular weight excluding hydrogens is 418 g/mol. The maximum Gasteiger partial charge on any atom is 0.472 e. The molecule has 17 heteroatoms. The summed E-state index contributed by atoms with van der Waals surface area (Å²) in [6, 6.07) is -3.14. The Balaban J connectivity index is 1.99. The highest BCUT2D eigenvalue weighted by Crippen LogP contribution is 2.49. The van der Waals surface area contributed by atoms with Gasteiger partial charge in [0.2, 0.25) is 0 Å². The van der Waals surface area contributed by atoms with Crippen molar-refractivity contribution in [1.29, 1.82) is 0 Å². The van der Waals surface area contributed by atoms with Crippen molar-refractivity contribution in [2.75, 3.05) is 13.2 Å². The number of phosphoric acid groups is 2. The first-order chi connectivity index (χ1) is 12.3. The normalized spacial score (nSPS) is 42.3. The van der Waals surface area contributed by atoms with E-state index >= 15 is 0 Å². The maximum absolute atomic E-state index is 13.9. The van der Waals surface area contributed by atoms with Crippen LogP contribution in [0.15, 0.2) is 0 Å². The molecule has 0 aromatic heterocycles. The maximum atomic E-state index is 13.9. The number of ether oxygens (including phenoxy) is 2. The van der Waals surface area contributed by atoms with E-state index in [9.17, 15) is 22.8 Å². The molecule has 2 aliphatic heterocycles. The standard InChI is InChI=1S/C10H16B2F2O11P2/c11-9-5(13)7(3(1-15)22-9)25-27(19,20)21-2-4-8(24-26(16,17)18)6(14)10(12)23-4/h3-10,15H,1-2H2,(H,19,20)(H2,16,17,18)/t3-,4-,5?,6?,7+,8?,9-,10-/m1/s1. The van der Waals surface area contributed by atoms with Gasteiger partial charge in [0.1, 0.15) is 52.5 Å². The Bertz CT molecular complexity index is 612. The lowest BCUT2D eigenvalue weighted by Gasteiger charge is -2.24. The molecule has 11 nitrogen and oxygen atoms in total. The first kappa shape index (κ1) is 23.4. The molecule has 4 N–H and O–H groups in total. The van der Waals surface area contributed by atoms with Gasteiger partial charge in [0.25, 0.3) is 0 Å². The number of alkyl halides is 2. The van der Waals surface area contributed by atoms with Crippen LogP contribution in [0.3, 0.4) is 0 Å². The molecule has 4 radical (unpaired) electrons. The SMILES string of the molecule is [B][C@@H]1O[C@H](COP(=O)(O)O[C@@H]2C(F)[C@H]([B])O[C@@H]2CO)C(OP(=O)(O)O)C1F. The van der Waals surface area contributed by atoms with E-state index in [0.29, 0.717) is 0 Å². The first-order valence-electron chi connectivity index (χ1n) is 7.45. The molecule has 152 valence electrons. The zero-order chi connectivity index (χ0) is 20.6. The van der Waals surface area contributed by atoms with Gasteiger partial charge >= 0.3 is 15.6 Å². The second-order valence-corrected chi connectivity index (χ2v) is 8.34. The largest absolute Gasteiger partial charge is 0.472 e. The highest BCUT2D eigenvalue weighted by atomic mass is 31.2. The van der Waals surface area contributed by atoms with Gasteiger partial charge in [-0.3, -0.25) is 13.6 Å². The van der Waals surface area contributed by atoms with E-state index in [2.05, 4.69) is 13.6 Å². The third-order valence-corrected chi connectivity index (χ3v) is 5.25. The number of hydrogen-bond donors (Lipinski definition) is 4. The topological polar surface area (TPSA) is 161 Å². The van der Waals surface area contributed by atoms with Gasteiger partial charge in [0.15, 0.2) is 0 Å². The van der Waals surface area contributed by atoms with Crippen LogP contribution in [0.2, 0.25) is 0 Å². The number of halogens is 2. The Labute approximate surface area is 154 Å². The van der Waals surface area contributed by atoms with Gasteiger partial charge in [-0.05, 0) is 0 Å². The molecular formula is C10H16B2F2O11P2. The van der Waals surface area contributed by atoms with E-state index in [0.717, 1.165) is 0 Å². The summed E-state index contributed by atoms with van der Waals surface area (Å²) in [4.78, 5) is 27.3. The second kappa shape index (κ2) is 8.85. The van der Waals surface area contributed by atoms with Crippen LogP contribution in [0.1, 0.15) is 0 Å². The molecule has 2 fully saturated rings. The Morgan fingerprint density at radius 2 is 1.41 bits per heavy atom. The molecule has 4 unspecified atom stereocenters. The van der Waals surface area contributed by atoms with Crippen LogP contribution in [0.25, 0.3) is 0 Å². The minimum atomic E-state index is -5.13. The number of aliphatic hydroxyl groups excluding tert-OH is 1. The summed E-state index contributed by atoms with van der Waals surface area (Å²) in [5.41, 5.74) is 0. The van der Waals surface area contributed by atoms with Crippen molar-refractivity contribution in [3.05, 3.63) is 0 Å². The summed E-state index contributed by atoms with van der Waals surface area (Å²) in [7, 11) is 0.392. The average molecular weight is 434 g/mol. The highest BCUT2D eigenvalue weighted by molar-refractivity contribution is 7.47. The summed E-state index contributed by atoms with van der Waals surface area (Å²) in [5.74, 6) is 0.